The van der Waals surface area contributed by atoms with Gasteiger partial charge in [0, 0.05) is 23.9 Å². The maximum atomic E-state index is 14.0. The van der Waals surface area contributed by atoms with Crippen molar-refractivity contribution >= 4 is 0 Å². The van der Waals surface area contributed by atoms with Crippen LogP contribution < -0.4 is 9.47 Å². The summed E-state index contributed by atoms with van der Waals surface area (Å²) in [6.45, 7) is -0.531. The Kier molecular flexibility index (Phi) is 11.5. The molecule has 0 aliphatic carbocycles. The van der Waals surface area contributed by atoms with Crippen LogP contribution in [0, 0.1) is 0 Å². The molecule has 0 atom stereocenters. The lowest BCUT2D eigenvalue weighted by Gasteiger charge is -2.41. The SMILES string of the molecule is CCCCCCCCOc1ccc(-c2ccc(OCC(F)(F)C(F)(F)C(F)(F)C(F)(F)C(F)(F)C(F)(F)C(F)(F)F)nn2)cn1. The molecule has 0 saturated carbocycles. The minimum Gasteiger partial charge on any atom is -0.478 e. The Bertz CT molecular complexity index is 1220. The van der Waals surface area contributed by atoms with E-state index in [0.717, 1.165) is 44.6 Å². The van der Waals surface area contributed by atoms with Gasteiger partial charge in [0.15, 0.2) is 6.61 Å². The molecule has 20 heteroatoms. The molecule has 2 heterocycles. The maximum Gasteiger partial charge on any atom is 0.460 e. The van der Waals surface area contributed by atoms with Crippen LogP contribution in [0.3, 0.4) is 0 Å². The molecule has 0 aliphatic heterocycles. The Hall–Kier alpha value is -3.22. The van der Waals surface area contributed by atoms with Crippen molar-refractivity contribution in [1.82, 2.24) is 15.2 Å². The van der Waals surface area contributed by atoms with E-state index in [1.165, 1.54) is 18.3 Å². The van der Waals surface area contributed by atoms with Crippen molar-refractivity contribution in [3.05, 3.63) is 30.5 Å². The Balaban J connectivity index is 2.09. The minimum atomic E-state index is -8.36. The smallest absolute Gasteiger partial charge is 0.460 e. The fraction of sp³-hybridized carbons (Fsp3) is 0.640. The number of halogens is 15. The van der Waals surface area contributed by atoms with E-state index < -0.39 is 54.2 Å². The maximum absolute atomic E-state index is 14.0. The van der Waals surface area contributed by atoms with Crippen LogP contribution in [0.15, 0.2) is 30.5 Å². The molecule has 0 saturated heterocycles. The molecule has 0 N–H and O–H groups in total. The summed E-state index contributed by atoms with van der Waals surface area (Å²) >= 11 is 0. The van der Waals surface area contributed by atoms with E-state index in [0.29, 0.717) is 12.7 Å². The van der Waals surface area contributed by atoms with Gasteiger partial charge in [-0.1, -0.05) is 39.0 Å². The molecule has 256 valence electrons. The van der Waals surface area contributed by atoms with E-state index in [1.54, 1.807) is 0 Å². The minimum absolute atomic E-state index is 0.0339. The second-order valence-electron chi connectivity index (χ2n) is 9.62. The van der Waals surface area contributed by atoms with Gasteiger partial charge < -0.3 is 9.47 Å². The number of ether oxygens (including phenoxy) is 2. The Morgan fingerprint density at radius 1 is 0.556 bits per heavy atom. The topological polar surface area (TPSA) is 57.1 Å². The number of nitrogens with zero attached hydrogens (tertiary/aromatic N) is 3. The van der Waals surface area contributed by atoms with Crippen molar-refractivity contribution in [2.75, 3.05) is 13.2 Å². The molecule has 0 radical (unpaired) electrons. The van der Waals surface area contributed by atoms with Crippen LogP contribution in [0.5, 0.6) is 11.8 Å². The standard InChI is InChI=1S/C25H24F15N3O2/c1-2-3-4-5-6-7-12-44-17-10-8-15(13-41-17)16-9-11-18(43-42-16)45-14-19(26,27)20(28,29)21(30,31)22(32,33)23(34,35)24(36,37)25(38,39)40/h8-11,13H,2-7,12,14H2,1H3. The van der Waals surface area contributed by atoms with Gasteiger partial charge in [-0.25, -0.2) is 4.98 Å². The molecule has 0 fully saturated rings. The van der Waals surface area contributed by atoms with E-state index in [1.807, 2.05) is 0 Å². The van der Waals surface area contributed by atoms with Crippen LogP contribution in [-0.4, -0.2) is 70.1 Å². The van der Waals surface area contributed by atoms with Crippen LogP contribution in [0.2, 0.25) is 0 Å². The first-order valence-electron chi connectivity index (χ1n) is 12.9. The fourth-order valence-corrected chi connectivity index (χ4v) is 3.48. The first-order valence-corrected chi connectivity index (χ1v) is 12.9. The molecule has 2 aromatic rings. The number of rotatable bonds is 17. The van der Waals surface area contributed by atoms with E-state index in [9.17, 15) is 65.9 Å². The Morgan fingerprint density at radius 3 is 1.60 bits per heavy atom. The molecule has 0 spiro atoms. The average molecular weight is 683 g/mol. The van der Waals surface area contributed by atoms with Gasteiger partial charge in [-0.3, -0.25) is 0 Å². The zero-order valence-corrected chi connectivity index (χ0v) is 22.9. The lowest BCUT2D eigenvalue weighted by Crippen LogP contribution is -2.73. The third-order valence-electron chi connectivity index (χ3n) is 6.21. The van der Waals surface area contributed by atoms with Gasteiger partial charge in [-0.05, 0) is 18.6 Å². The third-order valence-corrected chi connectivity index (χ3v) is 6.21. The van der Waals surface area contributed by atoms with E-state index >= 15 is 0 Å². The van der Waals surface area contributed by atoms with Crippen molar-refractivity contribution in [2.45, 2.75) is 87.2 Å². The highest BCUT2D eigenvalue weighted by Gasteiger charge is 2.93. The predicted octanol–water partition coefficient (Wildman–Crippen LogP) is 9.03. The summed E-state index contributed by atoms with van der Waals surface area (Å²) in [5.74, 6) is -48.0. The molecule has 0 bridgehead atoms. The normalized spacial score (nSPS) is 14.0. The summed E-state index contributed by atoms with van der Waals surface area (Å²) in [4.78, 5) is 4.01. The molecule has 0 amide bonds. The highest BCUT2D eigenvalue weighted by atomic mass is 19.4. The Morgan fingerprint density at radius 2 is 1.09 bits per heavy atom. The van der Waals surface area contributed by atoms with Gasteiger partial charge in [-0.15, -0.1) is 10.2 Å². The molecule has 5 nitrogen and oxygen atoms in total. The number of unbranched alkanes of at least 4 members (excludes halogenated alkanes) is 5. The summed E-state index contributed by atoms with van der Waals surface area (Å²) in [5, 5.41) is 6.65. The summed E-state index contributed by atoms with van der Waals surface area (Å²) in [7, 11) is 0. The summed E-state index contributed by atoms with van der Waals surface area (Å²) in [6.07, 6.45) is -0.283. The van der Waals surface area contributed by atoms with E-state index in [4.69, 9.17) is 4.74 Å². The van der Waals surface area contributed by atoms with E-state index in [2.05, 4.69) is 26.8 Å². The van der Waals surface area contributed by atoms with Crippen LogP contribution in [-0.2, 0) is 0 Å². The van der Waals surface area contributed by atoms with Crippen LogP contribution >= 0.6 is 0 Å². The van der Waals surface area contributed by atoms with E-state index in [-0.39, 0.29) is 17.1 Å². The second-order valence-corrected chi connectivity index (χ2v) is 9.62. The van der Waals surface area contributed by atoms with Gasteiger partial charge in [0.25, 0.3) is 0 Å². The van der Waals surface area contributed by atoms with Gasteiger partial charge in [0.2, 0.25) is 11.8 Å². The molecule has 2 rings (SSSR count). The predicted molar refractivity (Wildman–Crippen MR) is 125 cm³/mol. The van der Waals surface area contributed by atoms with Crippen LogP contribution in [0.4, 0.5) is 65.9 Å². The first kappa shape index (κ1) is 38.0. The lowest BCUT2D eigenvalue weighted by atomic mass is 9.91. The summed E-state index contributed by atoms with van der Waals surface area (Å²) in [5.41, 5.74) is 0.213. The van der Waals surface area contributed by atoms with Crippen molar-refractivity contribution < 1.29 is 75.3 Å². The molecule has 0 unspecified atom stereocenters. The first-order chi connectivity index (χ1) is 20.5. The Labute approximate surface area is 245 Å². The van der Waals surface area contributed by atoms with Crippen LogP contribution in [0.25, 0.3) is 11.3 Å². The highest BCUT2D eigenvalue weighted by Crippen LogP contribution is 2.62. The average Bonchev–Trinajstić information content (AvgIpc) is 2.95. The number of alkyl halides is 15. The molecule has 2 aromatic heterocycles. The van der Waals surface area contributed by atoms with Crippen molar-refractivity contribution in [3.8, 4) is 23.0 Å². The van der Waals surface area contributed by atoms with Crippen molar-refractivity contribution in [1.29, 1.82) is 0 Å². The quantitative estimate of drug-likeness (QED) is 0.123. The number of hydrogen-bond acceptors (Lipinski definition) is 5. The van der Waals surface area contributed by atoms with Gasteiger partial charge >= 0.3 is 41.7 Å². The van der Waals surface area contributed by atoms with Crippen LogP contribution in [0.1, 0.15) is 45.4 Å². The number of aromatic nitrogens is 3. The number of hydrogen-bond donors (Lipinski definition) is 0. The lowest BCUT2D eigenvalue weighted by molar-refractivity contribution is -0.453. The second kappa shape index (κ2) is 13.6. The largest absolute Gasteiger partial charge is 0.478 e. The molecule has 45 heavy (non-hydrogen) atoms. The molecular formula is C25H24F15N3O2. The van der Waals surface area contributed by atoms with Gasteiger partial charge in [0.1, 0.15) is 0 Å². The monoisotopic (exact) mass is 683 g/mol. The van der Waals surface area contributed by atoms with Gasteiger partial charge in [0.05, 0.1) is 12.3 Å². The molecule has 0 aromatic carbocycles. The summed E-state index contributed by atoms with van der Waals surface area (Å²) < 4.78 is 209. The number of pyridine rings is 1. The van der Waals surface area contributed by atoms with Crippen molar-refractivity contribution in [3.63, 3.8) is 0 Å². The highest BCUT2D eigenvalue weighted by molar-refractivity contribution is 5.57. The summed E-state index contributed by atoms with van der Waals surface area (Å²) in [6, 6.07) is 4.49. The zero-order chi connectivity index (χ0) is 34.5. The van der Waals surface area contributed by atoms with Gasteiger partial charge in [-0.2, -0.15) is 65.9 Å². The molecule has 0 aliphatic rings. The molecular weight excluding hydrogens is 659 g/mol. The fourth-order valence-electron chi connectivity index (χ4n) is 3.48. The van der Waals surface area contributed by atoms with Crippen molar-refractivity contribution in [2.24, 2.45) is 0 Å². The third kappa shape index (κ3) is 7.61. The zero-order valence-electron chi connectivity index (χ0n) is 22.9.